The van der Waals surface area contributed by atoms with Gasteiger partial charge in [-0.2, -0.15) is 0 Å². The highest BCUT2D eigenvalue weighted by Crippen LogP contribution is 2.30. The quantitative estimate of drug-likeness (QED) is 0.342. The normalized spacial score (nSPS) is 15.4. The predicted octanol–water partition coefficient (Wildman–Crippen LogP) is 4.65. The molecule has 0 fully saturated rings. The number of nitrogens with zero attached hydrogens (tertiary/aromatic N) is 4. The van der Waals surface area contributed by atoms with Gasteiger partial charge in [-0.25, -0.2) is 9.98 Å². The first-order valence-electron chi connectivity index (χ1n) is 11.1. The van der Waals surface area contributed by atoms with Gasteiger partial charge in [-0.05, 0) is 53.6 Å². The Kier molecular flexibility index (Phi) is 6.38. The zero-order valence-corrected chi connectivity index (χ0v) is 19.9. The molecule has 3 heterocycles. The lowest BCUT2D eigenvalue weighted by atomic mass is 9.96. The predicted molar refractivity (Wildman–Crippen MR) is 139 cm³/mol. The van der Waals surface area contributed by atoms with Gasteiger partial charge in [0.2, 0.25) is 5.95 Å². The number of pyridine rings is 1. The van der Waals surface area contributed by atoms with E-state index >= 15 is 0 Å². The second-order valence-corrected chi connectivity index (χ2v) is 9.08. The average molecular weight is 468 g/mol. The maximum absolute atomic E-state index is 13.6. The summed E-state index contributed by atoms with van der Waals surface area (Å²) in [5.74, 6) is 0.377. The molecule has 1 aliphatic rings. The van der Waals surface area contributed by atoms with Crippen molar-refractivity contribution in [3.05, 3.63) is 94.5 Å². The van der Waals surface area contributed by atoms with Crippen LogP contribution in [0.4, 0.5) is 5.95 Å². The van der Waals surface area contributed by atoms with Crippen LogP contribution in [-0.2, 0) is 20.0 Å². The maximum Gasteiger partial charge on any atom is 0.263 e. The Morgan fingerprint density at radius 1 is 1.03 bits per heavy atom. The van der Waals surface area contributed by atoms with Crippen molar-refractivity contribution in [1.82, 2.24) is 19.9 Å². The van der Waals surface area contributed by atoms with Gasteiger partial charge in [0.1, 0.15) is 0 Å². The summed E-state index contributed by atoms with van der Waals surface area (Å²) in [7, 11) is 1.72. The lowest BCUT2D eigenvalue weighted by Gasteiger charge is -2.23. The van der Waals surface area contributed by atoms with Crippen LogP contribution in [0.5, 0.6) is 0 Å². The van der Waals surface area contributed by atoms with Crippen LogP contribution in [0.1, 0.15) is 11.1 Å². The molecule has 0 spiro atoms. The van der Waals surface area contributed by atoms with Gasteiger partial charge >= 0.3 is 0 Å². The van der Waals surface area contributed by atoms with E-state index in [1.54, 1.807) is 31.2 Å². The van der Waals surface area contributed by atoms with E-state index in [1.165, 1.54) is 15.7 Å². The van der Waals surface area contributed by atoms with E-state index in [2.05, 4.69) is 39.6 Å². The molecule has 34 heavy (non-hydrogen) atoms. The largest absolute Gasteiger partial charge is 0.305 e. The SMILES string of the molecule is CSc1ccc(-c2c(-c3ccncc3)nc(N=C[C@@H]3Cc4ccccc4CN3)n(C)c2=O)cc1. The summed E-state index contributed by atoms with van der Waals surface area (Å²) in [6.07, 6.45) is 8.17. The number of nitrogens with one attached hydrogen (secondary N) is 1. The van der Waals surface area contributed by atoms with Crippen molar-refractivity contribution in [3.8, 4) is 22.4 Å². The molecular weight excluding hydrogens is 442 g/mol. The van der Waals surface area contributed by atoms with Crippen molar-refractivity contribution in [2.24, 2.45) is 12.0 Å². The van der Waals surface area contributed by atoms with Gasteiger partial charge in [0.05, 0.1) is 11.3 Å². The first-order valence-corrected chi connectivity index (χ1v) is 12.4. The number of benzene rings is 2. The van der Waals surface area contributed by atoms with Crippen LogP contribution in [0.2, 0.25) is 0 Å². The number of aliphatic imine (C=N–C) groups is 1. The molecule has 6 nitrogen and oxygen atoms in total. The number of fused-ring (bicyclic) bond motifs is 1. The Morgan fingerprint density at radius 2 is 1.76 bits per heavy atom. The number of aromatic nitrogens is 3. The highest BCUT2D eigenvalue weighted by molar-refractivity contribution is 7.98. The van der Waals surface area contributed by atoms with Crippen LogP contribution in [0.15, 0.2) is 87.7 Å². The molecule has 0 amide bonds. The topological polar surface area (TPSA) is 72.2 Å². The molecule has 2 aromatic carbocycles. The van der Waals surface area contributed by atoms with Gasteiger partial charge < -0.3 is 5.32 Å². The van der Waals surface area contributed by atoms with Crippen molar-refractivity contribution in [1.29, 1.82) is 0 Å². The molecule has 7 heteroatoms. The van der Waals surface area contributed by atoms with Crippen LogP contribution in [0, 0.1) is 0 Å². The number of rotatable bonds is 5. The summed E-state index contributed by atoms with van der Waals surface area (Å²) in [6, 6.07) is 20.2. The molecule has 0 unspecified atom stereocenters. The molecule has 1 N–H and O–H groups in total. The highest BCUT2D eigenvalue weighted by Gasteiger charge is 2.19. The van der Waals surface area contributed by atoms with Gasteiger partial charge in [-0.1, -0.05) is 36.4 Å². The second-order valence-electron chi connectivity index (χ2n) is 8.20. The fraction of sp³-hybridized carbons (Fsp3) is 0.185. The van der Waals surface area contributed by atoms with Crippen LogP contribution in [0.25, 0.3) is 22.4 Å². The van der Waals surface area contributed by atoms with E-state index in [1.807, 2.05) is 48.9 Å². The minimum atomic E-state index is -0.132. The van der Waals surface area contributed by atoms with E-state index in [9.17, 15) is 4.79 Å². The molecule has 0 bridgehead atoms. The molecule has 0 radical (unpaired) electrons. The lowest BCUT2D eigenvalue weighted by Crippen LogP contribution is -2.36. The van der Waals surface area contributed by atoms with Gasteiger partial charge in [0.25, 0.3) is 5.56 Å². The molecule has 1 atom stereocenters. The summed E-state index contributed by atoms with van der Waals surface area (Å²) >= 11 is 1.67. The molecule has 0 saturated carbocycles. The monoisotopic (exact) mass is 467 g/mol. The van der Waals surface area contributed by atoms with E-state index in [0.717, 1.165) is 29.0 Å². The summed E-state index contributed by atoms with van der Waals surface area (Å²) in [4.78, 5) is 28.3. The minimum absolute atomic E-state index is 0.0787. The summed E-state index contributed by atoms with van der Waals surface area (Å²) in [5, 5.41) is 3.50. The molecular formula is C27H25N5OS. The minimum Gasteiger partial charge on any atom is -0.305 e. The second kappa shape index (κ2) is 9.75. The zero-order chi connectivity index (χ0) is 23.5. The molecule has 4 aromatic rings. The highest BCUT2D eigenvalue weighted by atomic mass is 32.2. The van der Waals surface area contributed by atoms with Crippen molar-refractivity contribution in [3.63, 3.8) is 0 Å². The number of hydrogen-bond acceptors (Lipinski definition) is 6. The van der Waals surface area contributed by atoms with Gasteiger partial charge in [0.15, 0.2) is 0 Å². The summed E-state index contributed by atoms with van der Waals surface area (Å²) < 4.78 is 1.52. The van der Waals surface area contributed by atoms with Gasteiger partial charge in [-0.15, -0.1) is 11.8 Å². The van der Waals surface area contributed by atoms with E-state index in [0.29, 0.717) is 17.2 Å². The van der Waals surface area contributed by atoms with Gasteiger partial charge in [-0.3, -0.25) is 14.3 Å². The molecule has 170 valence electrons. The standard InChI is InChI=1S/C27H25N5OS/c1-32-26(33)24(18-7-9-23(34-2)10-8-18)25(19-11-13-28-14-12-19)31-27(32)30-17-22-15-20-5-3-4-6-21(20)16-29-22/h3-14,17,22,29H,15-16H2,1-2H3/t22-/m0/s1. The molecule has 5 rings (SSSR count). The summed E-state index contributed by atoms with van der Waals surface area (Å²) in [6.45, 7) is 0.798. The third-order valence-corrected chi connectivity index (χ3v) is 6.83. The van der Waals surface area contributed by atoms with E-state index in [4.69, 9.17) is 4.98 Å². The van der Waals surface area contributed by atoms with Crippen LogP contribution in [-0.4, -0.2) is 33.0 Å². The maximum atomic E-state index is 13.6. The Labute approximate surface area is 202 Å². The Balaban J connectivity index is 1.56. The van der Waals surface area contributed by atoms with E-state index < -0.39 is 0 Å². The van der Waals surface area contributed by atoms with Crippen LogP contribution < -0.4 is 10.9 Å². The third kappa shape index (κ3) is 4.44. The fourth-order valence-corrected chi connectivity index (χ4v) is 4.59. The number of thioether (sulfide) groups is 1. The van der Waals surface area contributed by atoms with Crippen LogP contribution >= 0.6 is 11.8 Å². The van der Waals surface area contributed by atoms with Gasteiger partial charge in [0, 0.05) is 48.7 Å². The first kappa shape index (κ1) is 22.3. The van der Waals surface area contributed by atoms with E-state index in [-0.39, 0.29) is 11.6 Å². The third-order valence-electron chi connectivity index (χ3n) is 6.08. The van der Waals surface area contributed by atoms with Crippen molar-refractivity contribution >= 4 is 23.9 Å². The molecule has 1 aliphatic heterocycles. The summed E-state index contributed by atoms with van der Waals surface area (Å²) in [5.41, 5.74) is 5.33. The lowest BCUT2D eigenvalue weighted by molar-refractivity contribution is 0.584. The van der Waals surface area contributed by atoms with Crippen molar-refractivity contribution in [2.75, 3.05) is 6.26 Å². The zero-order valence-electron chi connectivity index (χ0n) is 19.1. The first-order chi connectivity index (χ1) is 16.6. The van der Waals surface area contributed by atoms with Crippen LogP contribution in [0.3, 0.4) is 0 Å². The average Bonchev–Trinajstić information content (AvgIpc) is 2.90. The Bertz CT molecular complexity index is 1400. The number of hydrogen-bond donors (Lipinski definition) is 1. The fourth-order valence-electron chi connectivity index (χ4n) is 4.18. The Morgan fingerprint density at radius 3 is 2.50 bits per heavy atom. The van der Waals surface area contributed by atoms with Crippen molar-refractivity contribution in [2.45, 2.75) is 23.9 Å². The molecule has 0 aliphatic carbocycles. The molecule has 2 aromatic heterocycles. The smallest absolute Gasteiger partial charge is 0.263 e. The van der Waals surface area contributed by atoms with Crippen molar-refractivity contribution < 1.29 is 0 Å². The Hall–Kier alpha value is -3.55. The molecule has 0 saturated heterocycles.